The lowest BCUT2D eigenvalue weighted by Crippen LogP contribution is -2.42. The fourth-order valence-corrected chi connectivity index (χ4v) is 2.84. The number of carbonyl (C=O) groups excluding carboxylic acids is 1. The fraction of sp³-hybridized carbons (Fsp3) is 0.562. The molecule has 1 saturated heterocycles. The van der Waals surface area contributed by atoms with Crippen molar-refractivity contribution in [3.05, 3.63) is 23.2 Å². The van der Waals surface area contributed by atoms with E-state index < -0.39 is 5.60 Å². The number of nitrogens with one attached hydrogen (secondary N) is 1. The van der Waals surface area contributed by atoms with Gasteiger partial charge in [-0.15, -0.1) is 0 Å². The summed E-state index contributed by atoms with van der Waals surface area (Å²) < 4.78 is 10.8. The normalized spacial score (nSPS) is 18.7. The van der Waals surface area contributed by atoms with Gasteiger partial charge in [0.1, 0.15) is 5.60 Å². The van der Waals surface area contributed by atoms with Crippen LogP contribution in [0.2, 0.25) is 5.02 Å². The van der Waals surface area contributed by atoms with Gasteiger partial charge in [0.2, 0.25) is 11.7 Å². The lowest BCUT2D eigenvalue weighted by Gasteiger charge is -2.32. The number of likely N-dealkylation sites (tertiary alicyclic amines) is 1. The van der Waals surface area contributed by atoms with Crippen molar-refractivity contribution in [2.45, 2.75) is 45.1 Å². The molecule has 0 saturated carbocycles. The van der Waals surface area contributed by atoms with Crippen molar-refractivity contribution in [3.63, 3.8) is 0 Å². The molecule has 0 aromatic carbocycles. The van der Waals surface area contributed by atoms with Gasteiger partial charge in [0.25, 0.3) is 0 Å². The van der Waals surface area contributed by atoms with Crippen LogP contribution in [0.25, 0.3) is 11.5 Å². The Hall–Kier alpha value is -2.02. The number of ether oxygens (including phenoxy) is 1. The van der Waals surface area contributed by atoms with E-state index in [1.54, 1.807) is 17.2 Å². The summed E-state index contributed by atoms with van der Waals surface area (Å²) in [5.74, 6) is 1.01. The molecule has 1 fully saturated rings. The standard InChI is InChI=1S/C16H21ClN4O3/c1-16(2,3)23-15(22)21-6-4-5-10(9-21)14-19-13(20-24-14)12-7-11(17)8-18-12/h7-8,10,18H,4-6,9H2,1-3H3. The van der Waals surface area contributed by atoms with Crippen LogP contribution in [-0.2, 0) is 4.74 Å². The van der Waals surface area contributed by atoms with Crippen LogP contribution in [0.5, 0.6) is 0 Å². The van der Waals surface area contributed by atoms with Gasteiger partial charge in [-0.25, -0.2) is 4.79 Å². The second kappa shape index (κ2) is 6.47. The Kier molecular flexibility index (Phi) is 4.54. The molecule has 1 aliphatic heterocycles. The van der Waals surface area contributed by atoms with Crippen molar-refractivity contribution < 1.29 is 14.1 Å². The summed E-state index contributed by atoms with van der Waals surface area (Å²) in [5, 5.41) is 4.58. The molecule has 0 spiro atoms. The van der Waals surface area contributed by atoms with Gasteiger partial charge in [0, 0.05) is 19.3 Å². The lowest BCUT2D eigenvalue weighted by atomic mass is 9.98. The average molecular weight is 353 g/mol. The number of carbonyl (C=O) groups is 1. The van der Waals surface area contributed by atoms with Gasteiger partial charge in [-0.3, -0.25) is 0 Å². The first-order valence-electron chi connectivity index (χ1n) is 7.97. The Morgan fingerprint density at radius 3 is 2.96 bits per heavy atom. The van der Waals surface area contributed by atoms with Crippen LogP contribution in [0.1, 0.15) is 45.4 Å². The molecule has 0 bridgehead atoms. The highest BCUT2D eigenvalue weighted by Gasteiger charge is 2.31. The van der Waals surface area contributed by atoms with E-state index in [0.717, 1.165) is 12.8 Å². The van der Waals surface area contributed by atoms with E-state index >= 15 is 0 Å². The first-order valence-corrected chi connectivity index (χ1v) is 8.35. The summed E-state index contributed by atoms with van der Waals surface area (Å²) in [6, 6.07) is 1.74. The van der Waals surface area contributed by atoms with Gasteiger partial charge < -0.3 is 19.1 Å². The molecular weight excluding hydrogens is 332 g/mol. The summed E-state index contributed by atoms with van der Waals surface area (Å²) >= 11 is 5.90. The first kappa shape index (κ1) is 16.8. The molecule has 24 heavy (non-hydrogen) atoms. The Morgan fingerprint density at radius 2 is 2.29 bits per heavy atom. The summed E-state index contributed by atoms with van der Waals surface area (Å²) in [6.07, 6.45) is 3.13. The van der Waals surface area contributed by atoms with Crippen LogP contribution < -0.4 is 0 Å². The number of aromatic amines is 1. The zero-order valence-electron chi connectivity index (χ0n) is 14.0. The molecule has 1 aliphatic rings. The lowest BCUT2D eigenvalue weighted by molar-refractivity contribution is 0.0189. The van der Waals surface area contributed by atoms with Gasteiger partial charge in [-0.05, 0) is 39.7 Å². The zero-order valence-corrected chi connectivity index (χ0v) is 14.8. The summed E-state index contributed by atoms with van der Waals surface area (Å²) in [6.45, 7) is 6.77. The molecule has 7 nitrogen and oxygen atoms in total. The SMILES string of the molecule is CC(C)(C)OC(=O)N1CCCC(c2nc(-c3cc(Cl)c[nH]3)no2)C1. The minimum atomic E-state index is -0.505. The summed E-state index contributed by atoms with van der Waals surface area (Å²) in [5.41, 5.74) is 0.198. The number of amides is 1. The topological polar surface area (TPSA) is 84.2 Å². The Balaban J connectivity index is 1.69. The van der Waals surface area contributed by atoms with Crippen molar-refractivity contribution in [1.82, 2.24) is 20.0 Å². The fourth-order valence-electron chi connectivity index (χ4n) is 2.68. The molecule has 1 unspecified atom stereocenters. The van der Waals surface area contributed by atoms with E-state index in [-0.39, 0.29) is 12.0 Å². The average Bonchev–Trinajstić information content (AvgIpc) is 3.14. The van der Waals surface area contributed by atoms with Crippen molar-refractivity contribution in [3.8, 4) is 11.5 Å². The maximum Gasteiger partial charge on any atom is 0.410 e. The van der Waals surface area contributed by atoms with E-state index in [9.17, 15) is 4.79 Å². The number of nitrogens with zero attached hydrogens (tertiary/aromatic N) is 3. The predicted octanol–water partition coefficient (Wildman–Crippen LogP) is 3.83. The maximum absolute atomic E-state index is 12.2. The van der Waals surface area contributed by atoms with E-state index in [1.165, 1.54) is 0 Å². The number of H-pyrrole nitrogens is 1. The van der Waals surface area contributed by atoms with E-state index in [4.69, 9.17) is 20.9 Å². The quantitative estimate of drug-likeness (QED) is 0.887. The molecule has 1 N–H and O–H groups in total. The molecular formula is C16H21ClN4O3. The molecule has 0 aliphatic carbocycles. The second-order valence-electron chi connectivity index (χ2n) is 6.95. The highest BCUT2D eigenvalue weighted by molar-refractivity contribution is 6.30. The minimum absolute atomic E-state index is 0.0120. The van der Waals surface area contributed by atoms with Gasteiger partial charge in [-0.2, -0.15) is 4.98 Å². The number of hydrogen-bond donors (Lipinski definition) is 1. The largest absolute Gasteiger partial charge is 0.444 e. The van der Waals surface area contributed by atoms with Crippen LogP contribution in [0.4, 0.5) is 4.79 Å². The Bertz CT molecular complexity index is 719. The zero-order chi connectivity index (χ0) is 17.3. The number of rotatable bonds is 2. The van der Waals surface area contributed by atoms with Gasteiger partial charge >= 0.3 is 6.09 Å². The van der Waals surface area contributed by atoms with Gasteiger partial charge in [-0.1, -0.05) is 16.8 Å². The van der Waals surface area contributed by atoms with E-state index in [1.807, 2.05) is 20.8 Å². The molecule has 2 aromatic rings. The van der Waals surface area contributed by atoms with Crippen molar-refractivity contribution in [1.29, 1.82) is 0 Å². The van der Waals surface area contributed by atoms with Crippen LogP contribution in [0, 0.1) is 0 Å². The highest BCUT2D eigenvalue weighted by Crippen LogP contribution is 2.28. The van der Waals surface area contributed by atoms with Crippen LogP contribution in [0.15, 0.2) is 16.8 Å². The molecule has 1 amide bonds. The predicted molar refractivity (Wildman–Crippen MR) is 88.9 cm³/mol. The van der Waals surface area contributed by atoms with E-state index in [0.29, 0.717) is 35.5 Å². The monoisotopic (exact) mass is 352 g/mol. The Morgan fingerprint density at radius 1 is 1.50 bits per heavy atom. The number of piperidine rings is 1. The number of halogens is 1. The van der Waals surface area contributed by atoms with Gasteiger partial charge in [0.15, 0.2) is 0 Å². The number of aromatic nitrogens is 3. The third kappa shape index (κ3) is 3.90. The summed E-state index contributed by atoms with van der Waals surface area (Å²) in [4.78, 5) is 21.4. The van der Waals surface area contributed by atoms with Gasteiger partial charge in [0.05, 0.1) is 16.6 Å². The maximum atomic E-state index is 12.2. The molecule has 130 valence electrons. The van der Waals surface area contributed by atoms with Crippen molar-refractivity contribution in [2.24, 2.45) is 0 Å². The molecule has 1 atom stereocenters. The van der Waals surface area contributed by atoms with Crippen molar-refractivity contribution in [2.75, 3.05) is 13.1 Å². The summed E-state index contributed by atoms with van der Waals surface area (Å²) in [7, 11) is 0. The third-order valence-electron chi connectivity index (χ3n) is 3.75. The van der Waals surface area contributed by atoms with Crippen LogP contribution in [0.3, 0.4) is 0 Å². The molecule has 3 rings (SSSR count). The van der Waals surface area contributed by atoms with Crippen LogP contribution in [-0.4, -0.2) is 44.8 Å². The second-order valence-corrected chi connectivity index (χ2v) is 7.39. The smallest absolute Gasteiger partial charge is 0.410 e. The molecule has 3 heterocycles. The molecule has 0 radical (unpaired) electrons. The molecule has 8 heteroatoms. The Labute approximate surface area is 145 Å². The minimum Gasteiger partial charge on any atom is -0.444 e. The van der Waals surface area contributed by atoms with Crippen molar-refractivity contribution >= 4 is 17.7 Å². The highest BCUT2D eigenvalue weighted by atomic mass is 35.5. The first-order chi connectivity index (χ1) is 11.3. The third-order valence-corrected chi connectivity index (χ3v) is 3.97. The molecule has 2 aromatic heterocycles. The van der Waals surface area contributed by atoms with Crippen LogP contribution >= 0.6 is 11.6 Å². The van der Waals surface area contributed by atoms with E-state index in [2.05, 4.69) is 15.1 Å². The number of hydrogen-bond acceptors (Lipinski definition) is 5.